The molecule has 2 aliphatic heterocycles. The van der Waals surface area contributed by atoms with Gasteiger partial charge in [0.25, 0.3) is 0 Å². The molecule has 1 saturated heterocycles. The van der Waals surface area contributed by atoms with Crippen molar-refractivity contribution in [2.45, 2.75) is 64.2 Å². The number of imidazole rings is 1. The van der Waals surface area contributed by atoms with E-state index in [0.717, 1.165) is 30.5 Å². The summed E-state index contributed by atoms with van der Waals surface area (Å²) in [6, 6.07) is 8.45. The average molecular weight is 438 g/mol. The minimum atomic E-state index is -0.436. The van der Waals surface area contributed by atoms with Gasteiger partial charge in [-0.2, -0.15) is 0 Å². The number of nitrogens with zero attached hydrogens (tertiary/aromatic N) is 3. The Kier molecular flexibility index (Phi) is 5.84. The van der Waals surface area contributed by atoms with Crippen LogP contribution in [0.15, 0.2) is 30.5 Å². The maximum atomic E-state index is 13.8. The molecule has 3 heterocycles. The molecule has 0 radical (unpaired) electrons. The van der Waals surface area contributed by atoms with Crippen LogP contribution in [0.1, 0.15) is 51.8 Å². The van der Waals surface area contributed by atoms with Crippen molar-refractivity contribution in [3.8, 4) is 0 Å². The second-order valence-electron chi connectivity index (χ2n) is 9.98. The van der Waals surface area contributed by atoms with Crippen molar-refractivity contribution in [3.63, 3.8) is 0 Å². The lowest BCUT2D eigenvalue weighted by Crippen LogP contribution is -2.56. The number of piperidine rings is 1. The maximum absolute atomic E-state index is 13.8. The Labute approximate surface area is 190 Å². The number of ether oxygens (including phenoxy) is 1. The Morgan fingerprint density at radius 1 is 1.25 bits per heavy atom. The molecular weight excluding hydrogens is 402 g/mol. The summed E-state index contributed by atoms with van der Waals surface area (Å²) in [6.45, 7) is 6.25. The Balaban J connectivity index is 1.47. The van der Waals surface area contributed by atoms with Crippen molar-refractivity contribution in [2.24, 2.45) is 24.8 Å². The number of aryl methyl sites for hydroxylation is 1. The molecule has 5 rings (SSSR count). The molecule has 2 aromatic rings. The zero-order valence-electron chi connectivity index (χ0n) is 19.4. The zero-order chi connectivity index (χ0) is 22.4. The van der Waals surface area contributed by atoms with E-state index in [4.69, 9.17) is 9.72 Å². The van der Waals surface area contributed by atoms with E-state index in [1.807, 2.05) is 35.9 Å². The summed E-state index contributed by atoms with van der Waals surface area (Å²) in [5, 5.41) is 11.2. The SMILES string of the molecule is CCC1CC2C(=O)C(c3nc4ccccc4n3C)=COC2C(CN2CCCCC2C)C1O. The second kappa shape index (κ2) is 8.64. The van der Waals surface area contributed by atoms with E-state index in [1.54, 1.807) is 6.26 Å². The Morgan fingerprint density at radius 3 is 2.81 bits per heavy atom. The molecule has 6 unspecified atom stereocenters. The Hall–Kier alpha value is -2.18. The van der Waals surface area contributed by atoms with Gasteiger partial charge in [0.1, 0.15) is 11.9 Å². The molecule has 32 heavy (non-hydrogen) atoms. The highest BCUT2D eigenvalue weighted by Gasteiger charge is 2.50. The molecule has 6 nitrogen and oxygen atoms in total. The number of aliphatic hydroxyl groups excluding tert-OH is 1. The summed E-state index contributed by atoms with van der Waals surface area (Å²) in [5.41, 5.74) is 2.44. The van der Waals surface area contributed by atoms with Crippen molar-refractivity contribution in [1.29, 1.82) is 0 Å². The molecule has 0 bridgehead atoms. The number of carbonyl (C=O) groups is 1. The average Bonchev–Trinajstić information content (AvgIpc) is 3.13. The molecular formula is C26H35N3O3. The Bertz CT molecular complexity index is 1030. The molecule has 1 aromatic carbocycles. The van der Waals surface area contributed by atoms with Crippen LogP contribution in [-0.2, 0) is 16.6 Å². The first-order chi connectivity index (χ1) is 15.5. The molecule has 1 N–H and O–H groups in total. The van der Waals surface area contributed by atoms with Gasteiger partial charge in [-0.15, -0.1) is 0 Å². The number of rotatable bonds is 4. The highest BCUT2D eigenvalue weighted by atomic mass is 16.5. The van der Waals surface area contributed by atoms with Crippen LogP contribution in [0.4, 0.5) is 0 Å². The van der Waals surface area contributed by atoms with Crippen LogP contribution >= 0.6 is 0 Å². The Morgan fingerprint density at radius 2 is 2.06 bits per heavy atom. The highest BCUT2D eigenvalue weighted by molar-refractivity contribution is 6.21. The lowest BCUT2D eigenvalue weighted by molar-refractivity contribution is -0.141. The fraction of sp³-hybridized carbons (Fsp3) is 0.615. The second-order valence-corrected chi connectivity index (χ2v) is 9.98. The van der Waals surface area contributed by atoms with Gasteiger partial charge in [-0.1, -0.05) is 31.9 Å². The fourth-order valence-electron chi connectivity index (χ4n) is 6.17. The van der Waals surface area contributed by atoms with Gasteiger partial charge < -0.3 is 19.3 Å². The van der Waals surface area contributed by atoms with Gasteiger partial charge in [0.2, 0.25) is 0 Å². The van der Waals surface area contributed by atoms with Gasteiger partial charge in [-0.05, 0) is 50.8 Å². The summed E-state index contributed by atoms with van der Waals surface area (Å²) in [4.78, 5) is 21.0. The molecule has 1 aliphatic carbocycles. The van der Waals surface area contributed by atoms with Crippen molar-refractivity contribution < 1.29 is 14.6 Å². The van der Waals surface area contributed by atoms with E-state index < -0.39 is 6.10 Å². The number of hydrogen-bond acceptors (Lipinski definition) is 5. The van der Waals surface area contributed by atoms with Crippen LogP contribution in [-0.4, -0.2) is 56.7 Å². The molecule has 2 fully saturated rings. The number of para-hydroxylation sites is 2. The van der Waals surface area contributed by atoms with Gasteiger partial charge >= 0.3 is 0 Å². The summed E-state index contributed by atoms with van der Waals surface area (Å²) in [5.74, 6) is 0.611. The van der Waals surface area contributed by atoms with Gasteiger partial charge in [0.05, 0.1) is 34.9 Å². The minimum absolute atomic E-state index is 0.0542. The quantitative estimate of drug-likeness (QED) is 0.789. The first kappa shape index (κ1) is 21.7. The third kappa shape index (κ3) is 3.57. The number of benzene rings is 1. The molecule has 1 saturated carbocycles. The van der Waals surface area contributed by atoms with Crippen LogP contribution in [0.5, 0.6) is 0 Å². The largest absolute Gasteiger partial charge is 0.496 e. The summed E-state index contributed by atoms with van der Waals surface area (Å²) in [6.07, 6.45) is 6.13. The lowest BCUT2D eigenvalue weighted by Gasteiger charge is -2.48. The van der Waals surface area contributed by atoms with Crippen LogP contribution in [0.25, 0.3) is 16.6 Å². The third-order valence-electron chi connectivity index (χ3n) is 8.18. The number of allylic oxidation sites excluding steroid dienone is 1. The summed E-state index contributed by atoms with van der Waals surface area (Å²) in [7, 11) is 1.95. The van der Waals surface area contributed by atoms with Crippen LogP contribution < -0.4 is 0 Å². The smallest absolute Gasteiger partial charge is 0.176 e. The summed E-state index contributed by atoms with van der Waals surface area (Å²) < 4.78 is 8.28. The number of hydrogen-bond donors (Lipinski definition) is 1. The van der Waals surface area contributed by atoms with Gasteiger partial charge in [-0.3, -0.25) is 4.79 Å². The predicted octanol–water partition coefficient (Wildman–Crippen LogP) is 3.78. The van der Waals surface area contributed by atoms with Crippen molar-refractivity contribution in [2.75, 3.05) is 13.1 Å². The molecule has 6 atom stereocenters. The van der Waals surface area contributed by atoms with E-state index in [0.29, 0.717) is 23.9 Å². The molecule has 0 spiro atoms. The maximum Gasteiger partial charge on any atom is 0.176 e. The number of aliphatic hydroxyl groups is 1. The van der Waals surface area contributed by atoms with Crippen LogP contribution in [0, 0.1) is 17.8 Å². The molecule has 1 aromatic heterocycles. The first-order valence-corrected chi connectivity index (χ1v) is 12.2. The van der Waals surface area contributed by atoms with E-state index in [-0.39, 0.29) is 29.6 Å². The number of fused-ring (bicyclic) bond motifs is 2. The topological polar surface area (TPSA) is 67.6 Å². The van der Waals surface area contributed by atoms with Crippen LogP contribution in [0.2, 0.25) is 0 Å². The number of Topliss-reactive ketones (excluding diaryl/α,β-unsaturated/α-hetero) is 1. The standard InChI is InChI=1S/C26H35N3O3/c1-4-17-13-18-24(31)20(26-27-21-10-5-6-11-22(21)28(26)3)15-32-25(18)19(23(17)30)14-29-12-8-7-9-16(29)2/h5-6,10-11,15-19,23,25,30H,4,7-9,12-14H2,1-3H3. The minimum Gasteiger partial charge on any atom is -0.496 e. The number of aromatic nitrogens is 2. The lowest BCUT2D eigenvalue weighted by atomic mass is 9.67. The molecule has 3 aliphatic rings. The predicted molar refractivity (Wildman–Crippen MR) is 125 cm³/mol. The van der Waals surface area contributed by atoms with E-state index in [9.17, 15) is 9.90 Å². The number of ketones is 1. The number of likely N-dealkylation sites (tertiary alicyclic amines) is 1. The van der Waals surface area contributed by atoms with Crippen molar-refractivity contribution >= 4 is 22.4 Å². The van der Waals surface area contributed by atoms with Gasteiger partial charge in [0.15, 0.2) is 5.78 Å². The molecule has 172 valence electrons. The van der Waals surface area contributed by atoms with E-state index >= 15 is 0 Å². The van der Waals surface area contributed by atoms with Gasteiger partial charge in [0, 0.05) is 25.6 Å². The van der Waals surface area contributed by atoms with Crippen molar-refractivity contribution in [3.05, 3.63) is 36.4 Å². The zero-order valence-corrected chi connectivity index (χ0v) is 19.4. The number of carbonyl (C=O) groups excluding carboxylic acids is 1. The fourth-order valence-corrected chi connectivity index (χ4v) is 6.17. The highest BCUT2D eigenvalue weighted by Crippen LogP contribution is 2.43. The normalized spacial score (nSPS) is 33.6. The van der Waals surface area contributed by atoms with Crippen LogP contribution in [0.3, 0.4) is 0 Å². The van der Waals surface area contributed by atoms with E-state index in [2.05, 4.69) is 18.7 Å². The van der Waals surface area contributed by atoms with Crippen molar-refractivity contribution in [1.82, 2.24) is 14.5 Å². The third-order valence-corrected chi connectivity index (χ3v) is 8.18. The van der Waals surface area contributed by atoms with Gasteiger partial charge in [-0.25, -0.2) is 4.98 Å². The molecule has 6 heteroatoms. The summed E-state index contributed by atoms with van der Waals surface area (Å²) >= 11 is 0. The molecule has 0 amide bonds. The van der Waals surface area contributed by atoms with E-state index in [1.165, 1.54) is 19.3 Å². The monoisotopic (exact) mass is 437 g/mol. The first-order valence-electron chi connectivity index (χ1n) is 12.2.